The van der Waals surface area contributed by atoms with Crippen LogP contribution in [0.15, 0.2) is 53.5 Å². The van der Waals surface area contributed by atoms with Crippen molar-refractivity contribution in [3.8, 4) is 11.5 Å². The zero-order valence-electron chi connectivity index (χ0n) is 16.9. The summed E-state index contributed by atoms with van der Waals surface area (Å²) in [5.41, 5.74) is 2.04. The van der Waals surface area contributed by atoms with Gasteiger partial charge in [-0.3, -0.25) is 4.79 Å². The molecule has 2 N–H and O–H groups in total. The van der Waals surface area contributed by atoms with Crippen LogP contribution in [0.3, 0.4) is 0 Å². The van der Waals surface area contributed by atoms with Crippen molar-refractivity contribution < 1.29 is 14.3 Å². The monoisotopic (exact) mass is 384 g/mol. The van der Waals surface area contributed by atoms with Crippen LogP contribution >= 0.6 is 0 Å². The number of carbonyl (C=O) groups excluding carboxylic acids is 1. The molecule has 0 aliphatic heterocycles. The Labute approximate surface area is 166 Å². The van der Waals surface area contributed by atoms with Crippen LogP contribution in [-0.2, 0) is 17.9 Å². The highest BCUT2D eigenvalue weighted by molar-refractivity contribution is 5.86. The summed E-state index contributed by atoms with van der Waals surface area (Å²) in [7, 11) is 6.73. The summed E-state index contributed by atoms with van der Waals surface area (Å²) < 4.78 is 10.6. The van der Waals surface area contributed by atoms with Crippen LogP contribution < -0.4 is 20.1 Å². The minimum absolute atomic E-state index is 0.0313. The Kier molecular flexibility index (Phi) is 8.14. The number of carbonyl (C=O) groups is 1. The van der Waals surface area contributed by atoms with E-state index in [9.17, 15) is 4.79 Å². The third-order valence-electron chi connectivity index (χ3n) is 4.12. The van der Waals surface area contributed by atoms with Gasteiger partial charge in [-0.25, -0.2) is 4.99 Å². The highest BCUT2D eigenvalue weighted by Gasteiger charge is 2.08. The van der Waals surface area contributed by atoms with Gasteiger partial charge in [0.25, 0.3) is 0 Å². The van der Waals surface area contributed by atoms with Crippen LogP contribution in [0.25, 0.3) is 0 Å². The van der Waals surface area contributed by atoms with Crippen molar-refractivity contribution in [1.29, 1.82) is 0 Å². The maximum atomic E-state index is 11.9. The van der Waals surface area contributed by atoms with Gasteiger partial charge < -0.3 is 25.0 Å². The summed E-state index contributed by atoms with van der Waals surface area (Å²) in [6, 6.07) is 15.5. The van der Waals surface area contributed by atoms with E-state index in [1.807, 2.05) is 48.5 Å². The molecule has 0 aliphatic rings. The summed E-state index contributed by atoms with van der Waals surface area (Å²) in [6.07, 6.45) is 0. The second kappa shape index (κ2) is 10.8. The van der Waals surface area contributed by atoms with E-state index in [2.05, 4.69) is 15.6 Å². The third kappa shape index (κ3) is 6.50. The van der Waals surface area contributed by atoms with E-state index in [0.29, 0.717) is 19.0 Å². The first-order valence-corrected chi connectivity index (χ1v) is 9.00. The van der Waals surface area contributed by atoms with Crippen molar-refractivity contribution in [2.75, 3.05) is 34.9 Å². The molecule has 7 nitrogen and oxygen atoms in total. The average Bonchev–Trinajstić information content (AvgIpc) is 2.73. The quantitative estimate of drug-likeness (QED) is 0.538. The number of hydrogen-bond donors (Lipinski definition) is 2. The van der Waals surface area contributed by atoms with Gasteiger partial charge in [0.1, 0.15) is 11.5 Å². The Morgan fingerprint density at radius 3 is 2.36 bits per heavy atom. The summed E-state index contributed by atoms with van der Waals surface area (Å²) in [5.74, 6) is 2.12. The number of rotatable bonds is 8. The summed E-state index contributed by atoms with van der Waals surface area (Å²) >= 11 is 0. The first kappa shape index (κ1) is 21.1. The highest BCUT2D eigenvalue weighted by Crippen LogP contribution is 2.16. The molecule has 1 amide bonds. The van der Waals surface area contributed by atoms with Crippen molar-refractivity contribution in [3.63, 3.8) is 0 Å². The number of benzene rings is 2. The Hall–Kier alpha value is -3.22. The van der Waals surface area contributed by atoms with E-state index in [-0.39, 0.29) is 12.5 Å². The predicted molar refractivity (Wildman–Crippen MR) is 111 cm³/mol. The Morgan fingerprint density at radius 1 is 1.00 bits per heavy atom. The molecule has 0 saturated carbocycles. The first-order chi connectivity index (χ1) is 13.5. The van der Waals surface area contributed by atoms with Crippen LogP contribution in [0.4, 0.5) is 0 Å². The number of hydrogen-bond acceptors (Lipinski definition) is 4. The molecule has 150 valence electrons. The molecule has 0 atom stereocenters. The van der Waals surface area contributed by atoms with E-state index in [1.165, 1.54) is 4.90 Å². The molecule has 28 heavy (non-hydrogen) atoms. The molecule has 0 saturated heterocycles. The van der Waals surface area contributed by atoms with Crippen LogP contribution in [0.5, 0.6) is 11.5 Å². The molecule has 7 heteroatoms. The predicted octanol–water partition coefficient (Wildman–Crippen LogP) is 2.03. The molecule has 0 radical (unpaired) electrons. The number of methoxy groups -OCH3 is 2. The van der Waals surface area contributed by atoms with Gasteiger partial charge in [-0.2, -0.15) is 0 Å². The fourth-order valence-corrected chi connectivity index (χ4v) is 2.42. The zero-order valence-corrected chi connectivity index (χ0v) is 16.9. The van der Waals surface area contributed by atoms with E-state index < -0.39 is 0 Å². The van der Waals surface area contributed by atoms with Crippen molar-refractivity contribution in [1.82, 2.24) is 15.5 Å². The van der Waals surface area contributed by atoms with E-state index in [4.69, 9.17) is 9.47 Å². The molecule has 0 aliphatic carbocycles. The van der Waals surface area contributed by atoms with Crippen LogP contribution in [-0.4, -0.2) is 51.6 Å². The Bertz CT molecular complexity index is 788. The minimum atomic E-state index is -0.0313. The van der Waals surface area contributed by atoms with E-state index in [1.54, 1.807) is 28.3 Å². The molecule has 2 aromatic carbocycles. The van der Waals surface area contributed by atoms with Crippen LogP contribution in [0.1, 0.15) is 11.1 Å². The number of para-hydroxylation sites is 1. The van der Waals surface area contributed by atoms with Crippen LogP contribution in [0, 0.1) is 0 Å². The van der Waals surface area contributed by atoms with Crippen molar-refractivity contribution >= 4 is 11.9 Å². The molecular formula is C21H28N4O3. The molecule has 0 aromatic heterocycles. The number of amides is 1. The number of likely N-dealkylation sites (N-methyl/N-ethyl adjacent to an activating group) is 1. The normalized spacial score (nSPS) is 10.9. The summed E-state index contributed by atoms with van der Waals surface area (Å²) in [5, 5.41) is 6.34. The van der Waals surface area contributed by atoms with Crippen molar-refractivity contribution in [2.45, 2.75) is 13.1 Å². The lowest BCUT2D eigenvalue weighted by Gasteiger charge is -2.16. The van der Waals surface area contributed by atoms with Gasteiger partial charge in [0.05, 0.1) is 27.3 Å². The first-order valence-electron chi connectivity index (χ1n) is 9.00. The van der Waals surface area contributed by atoms with Gasteiger partial charge in [-0.15, -0.1) is 0 Å². The maximum absolute atomic E-state index is 11.9. The van der Waals surface area contributed by atoms with Gasteiger partial charge in [0, 0.05) is 26.2 Å². The van der Waals surface area contributed by atoms with Gasteiger partial charge in [-0.05, 0) is 23.8 Å². The standard InChI is InChI=1S/C21H28N4O3/c1-25(2)20(26)15-24-21(22-13-16-9-11-18(27-3)12-10-16)23-14-17-7-5-6-8-19(17)28-4/h5-12H,13-15H2,1-4H3,(H2,22,23,24). The van der Waals surface area contributed by atoms with Crippen LogP contribution in [0.2, 0.25) is 0 Å². The largest absolute Gasteiger partial charge is 0.497 e. The van der Waals surface area contributed by atoms with Gasteiger partial charge >= 0.3 is 0 Å². The molecule has 2 rings (SSSR count). The number of ether oxygens (including phenoxy) is 2. The van der Waals surface area contributed by atoms with E-state index >= 15 is 0 Å². The molecule has 0 bridgehead atoms. The Balaban J connectivity index is 2.07. The fourth-order valence-electron chi connectivity index (χ4n) is 2.42. The lowest BCUT2D eigenvalue weighted by Crippen LogP contribution is -2.42. The molecule has 0 heterocycles. The number of nitrogens with zero attached hydrogens (tertiary/aromatic N) is 2. The second-order valence-corrected chi connectivity index (χ2v) is 6.32. The molecule has 0 fully saturated rings. The maximum Gasteiger partial charge on any atom is 0.241 e. The topological polar surface area (TPSA) is 75.2 Å². The number of nitrogens with one attached hydrogen (secondary N) is 2. The second-order valence-electron chi connectivity index (χ2n) is 6.32. The Morgan fingerprint density at radius 2 is 1.71 bits per heavy atom. The molecule has 0 unspecified atom stereocenters. The highest BCUT2D eigenvalue weighted by atomic mass is 16.5. The third-order valence-corrected chi connectivity index (χ3v) is 4.12. The lowest BCUT2D eigenvalue weighted by atomic mass is 10.2. The van der Waals surface area contributed by atoms with Crippen molar-refractivity contribution in [3.05, 3.63) is 59.7 Å². The fraction of sp³-hybridized carbons (Fsp3) is 0.333. The molecule has 2 aromatic rings. The number of guanidine groups is 1. The number of aliphatic imine (C=N–C) groups is 1. The van der Waals surface area contributed by atoms with Gasteiger partial charge in [-0.1, -0.05) is 30.3 Å². The SMILES string of the molecule is COc1ccc(CN=C(NCC(=O)N(C)C)NCc2ccccc2OC)cc1. The van der Waals surface area contributed by atoms with Gasteiger partial charge in [0.2, 0.25) is 5.91 Å². The zero-order chi connectivity index (χ0) is 20.4. The lowest BCUT2D eigenvalue weighted by molar-refractivity contribution is -0.127. The smallest absolute Gasteiger partial charge is 0.241 e. The average molecular weight is 384 g/mol. The molecule has 0 spiro atoms. The van der Waals surface area contributed by atoms with Crippen molar-refractivity contribution in [2.24, 2.45) is 4.99 Å². The van der Waals surface area contributed by atoms with Gasteiger partial charge in [0.15, 0.2) is 5.96 Å². The van der Waals surface area contributed by atoms with E-state index in [0.717, 1.165) is 22.6 Å². The molecular weight excluding hydrogens is 356 g/mol. The minimum Gasteiger partial charge on any atom is -0.497 e. The summed E-state index contributed by atoms with van der Waals surface area (Å²) in [4.78, 5) is 18.0. The summed E-state index contributed by atoms with van der Waals surface area (Å²) in [6.45, 7) is 1.16.